The van der Waals surface area contributed by atoms with Gasteiger partial charge in [0.2, 0.25) is 0 Å². The predicted octanol–water partition coefficient (Wildman–Crippen LogP) is 5.85. The first-order chi connectivity index (χ1) is 12.2. The number of anilines is 1. The Hall–Kier alpha value is -1.87. The fourth-order valence-corrected chi connectivity index (χ4v) is 2.54. The SMILES string of the molecule is CC.CCc1cc(NCC(C)(C)C(C)(C)O)ccc1-c1cnccc1C. The number of aliphatic hydroxyl groups is 1. The number of aryl methyl sites for hydroxylation is 2. The van der Waals surface area contributed by atoms with Crippen molar-refractivity contribution in [3.8, 4) is 11.1 Å². The molecule has 0 radical (unpaired) electrons. The highest BCUT2D eigenvalue weighted by atomic mass is 16.3. The quantitative estimate of drug-likeness (QED) is 0.682. The monoisotopic (exact) mass is 356 g/mol. The van der Waals surface area contributed by atoms with Gasteiger partial charge in [-0.15, -0.1) is 0 Å². The number of hydrogen-bond acceptors (Lipinski definition) is 3. The summed E-state index contributed by atoms with van der Waals surface area (Å²) in [5.74, 6) is 0. The first-order valence-corrected chi connectivity index (χ1v) is 9.66. The zero-order chi connectivity index (χ0) is 20.0. The lowest BCUT2D eigenvalue weighted by molar-refractivity contribution is -0.0270. The van der Waals surface area contributed by atoms with E-state index in [0.29, 0.717) is 6.54 Å². The van der Waals surface area contributed by atoms with Gasteiger partial charge in [0.1, 0.15) is 0 Å². The van der Waals surface area contributed by atoms with Crippen molar-refractivity contribution in [1.82, 2.24) is 4.98 Å². The third kappa shape index (κ3) is 5.31. The van der Waals surface area contributed by atoms with Crippen LogP contribution in [-0.4, -0.2) is 22.2 Å². The molecule has 0 aliphatic heterocycles. The molecule has 0 atom stereocenters. The van der Waals surface area contributed by atoms with Gasteiger partial charge in [-0.05, 0) is 62.1 Å². The van der Waals surface area contributed by atoms with Gasteiger partial charge in [-0.2, -0.15) is 0 Å². The van der Waals surface area contributed by atoms with E-state index in [9.17, 15) is 5.11 Å². The maximum Gasteiger partial charge on any atom is 0.0659 e. The minimum Gasteiger partial charge on any atom is -0.390 e. The standard InChI is InChI=1S/C21H30N2O.C2H6/c1-7-16-12-17(23-14-20(3,4)21(5,6)24)8-9-18(16)19-13-22-11-10-15(19)2;1-2/h8-13,23-24H,7,14H2,1-6H3;1-2H3. The van der Waals surface area contributed by atoms with Crippen LogP contribution >= 0.6 is 0 Å². The Bertz CT molecular complexity index is 700. The molecule has 1 heterocycles. The molecule has 0 fully saturated rings. The van der Waals surface area contributed by atoms with E-state index in [1.165, 1.54) is 22.3 Å². The van der Waals surface area contributed by atoms with Crippen molar-refractivity contribution < 1.29 is 5.11 Å². The number of aromatic nitrogens is 1. The molecule has 0 aliphatic carbocycles. The Morgan fingerprint density at radius 2 is 1.69 bits per heavy atom. The van der Waals surface area contributed by atoms with Gasteiger partial charge in [-0.25, -0.2) is 0 Å². The maximum absolute atomic E-state index is 10.3. The third-order valence-electron chi connectivity index (χ3n) is 5.21. The molecule has 26 heavy (non-hydrogen) atoms. The van der Waals surface area contributed by atoms with Crippen LogP contribution < -0.4 is 5.32 Å². The van der Waals surface area contributed by atoms with Gasteiger partial charge in [0.05, 0.1) is 5.60 Å². The molecule has 2 aromatic rings. The Labute approximate surface area is 159 Å². The van der Waals surface area contributed by atoms with E-state index in [1.54, 1.807) is 0 Å². The van der Waals surface area contributed by atoms with Crippen LogP contribution in [0, 0.1) is 12.3 Å². The summed E-state index contributed by atoms with van der Waals surface area (Å²) in [6.45, 7) is 16.9. The summed E-state index contributed by atoms with van der Waals surface area (Å²) in [5, 5.41) is 13.8. The van der Waals surface area contributed by atoms with Crippen LogP contribution in [0.5, 0.6) is 0 Å². The predicted molar refractivity (Wildman–Crippen MR) is 114 cm³/mol. The molecule has 0 bridgehead atoms. The Kier molecular flexibility index (Phi) is 7.83. The lowest BCUT2D eigenvalue weighted by Gasteiger charge is -2.37. The number of hydrogen-bond donors (Lipinski definition) is 2. The third-order valence-corrected chi connectivity index (χ3v) is 5.21. The molecule has 2 rings (SSSR count). The second-order valence-electron chi connectivity index (χ2n) is 7.71. The van der Waals surface area contributed by atoms with Crippen LogP contribution in [-0.2, 0) is 6.42 Å². The second kappa shape index (κ2) is 9.18. The number of nitrogens with zero attached hydrogens (tertiary/aromatic N) is 1. The molecule has 0 saturated heterocycles. The van der Waals surface area contributed by atoms with E-state index >= 15 is 0 Å². The summed E-state index contributed by atoms with van der Waals surface area (Å²) in [5.41, 5.74) is 5.11. The zero-order valence-corrected chi connectivity index (χ0v) is 17.8. The van der Waals surface area contributed by atoms with Crippen molar-refractivity contribution in [2.75, 3.05) is 11.9 Å². The van der Waals surface area contributed by atoms with Crippen molar-refractivity contribution in [1.29, 1.82) is 0 Å². The van der Waals surface area contributed by atoms with E-state index in [2.05, 4.69) is 56.2 Å². The lowest BCUT2D eigenvalue weighted by atomic mass is 9.77. The van der Waals surface area contributed by atoms with Crippen LogP contribution in [0.4, 0.5) is 5.69 Å². The fourth-order valence-electron chi connectivity index (χ4n) is 2.54. The van der Waals surface area contributed by atoms with E-state index in [4.69, 9.17) is 0 Å². The molecule has 0 spiro atoms. The smallest absolute Gasteiger partial charge is 0.0659 e. The Morgan fingerprint density at radius 3 is 2.23 bits per heavy atom. The summed E-state index contributed by atoms with van der Waals surface area (Å²) in [6.07, 6.45) is 4.74. The van der Waals surface area contributed by atoms with E-state index in [1.807, 2.05) is 46.2 Å². The van der Waals surface area contributed by atoms with Gasteiger partial charge < -0.3 is 10.4 Å². The molecule has 2 N–H and O–H groups in total. The first-order valence-electron chi connectivity index (χ1n) is 9.66. The number of nitrogens with one attached hydrogen (secondary N) is 1. The lowest BCUT2D eigenvalue weighted by Crippen LogP contribution is -2.43. The molecule has 0 unspecified atom stereocenters. The molecular formula is C23H36N2O. The molecule has 144 valence electrons. The normalized spacial score (nSPS) is 11.6. The average Bonchev–Trinajstić information content (AvgIpc) is 2.61. The van der Waals surface area contributed by atoms with Crippen LogP contribution in [0.2, 0.25) is 0 Å². The molecule has 3 heteroatoms. The Balaban J connectivity index is 0.00000163. The minimum atomic E-state index is -0.736. The molecule has 0 saturated carbocycles. The van der Waals surface area contributed by atoms with Crippen LogP contribution in [0.1, 0.15) is 59.6 Å². The highest BCUT2D eigenvalue weighted by Gasteiger charge is 2.34. The Morgan fingerprint density at radius 1 is 1.04 bits per heavy atom. The molecular weight excluding hydrogens is 320 g/mol. The summed E-state index contributed by atoms with van der Waals surface area (Å²) in [4.78, 5) is 4.27. The molecule has 1 aromatic heterocycles. The van der Waals surface area contributed by atoms with E-state index in [0.717, 1.165) is 12.1 Å². The van der Waals surface area contributed by atoms with Crippen LogP contribution in [0.3, 0.4) is 0 Å². The van der Waals surface area contributed by atoms with Crippen LogP contribution in [0.25, 0.3) is 11.1 Å². The molecule has 0 amide bonds. The number of rotatable bonds is 6. The van der Waals surface area contributed by atoms with Gasteiger partial charge in [0.25, 0.3) is 0 Å². The van der Waals surface area contributed by atoms with E-state index < -0.39 is 5.60 Å². The van der Waals surface area contributed by atoms with Crippen molar-refractivity contribution in [3.05, 3.63) is 47.8 Å². The second-order valence-corrected chi connectivity index (χ2v) is 7.71. The fraction of sp³-hybridized carbons (Fsp3) is 0.522. The largest absolute Gasteiger partial charge is 0.390 e. The zero-order valence-electron chi connectivity index (χ0n) is 17.8. The average molecular weight is 357 g/mol. The minimum absolute atomic E-state index is 0.224. The van der Waals surface area contributed by atoms with Gasteiger partial charge in [0.15, 0.2) is 0 Å². The van der Waals surface area contributed by atoms with Crippen molar-refractivity contribution in [2.45, 2.75) is 67.4 Å². The van der Waals surface area contributed by atoms with Gasteiger partial charge >= 0.3 is 0 Å². The summed E-state index contributed by atoms with van der Waals surface area (Å²) in [7, 11) is 0. The van der Waals surface area contributed by atoms with Gasteiger partial charge in [0, 0.05) is 35.6 Å². The van der Waals surface area contributed by atoms with Crippen molar-refractivity contribution in [3.63, 3.8) is 0 Å². The van der Waals surface area contributed by atoms with Gasteiger partial charge in [-0.3, -0.25) is 4.98 Å². The van der Waals surface area contributed by atoms with Crippen molar-refractivity contribution >= 4 is 5.69 Å². The number of pyridine rings is 1. The molecule has 1 aromatic carbocycles. The van der Waals surface area contributed by atoms with E-state index in [-0.39, 0.29) is 5.41 Å². The van der Waals surface area contributed by atoms with Gasteiger partial charge in [-0.1, -0.05) is 40.7 Å². The first kappa shape index (κ1) is 22.2. The van der Waals surface area contributed by atoms with Crippen LogP contribution in [0.15, 0.2) is 36.7 Å². The molecule has 0 aliphatic rings. The summed E-state index contributed by atoms with van der Waals surface area (Å²) in [6, 6.07) is 8.54. The molecule has 3 nitrogen and oxygen atoms in total. The highest BCUT2D eigenvalue weighted by molar-refractivity contribution is 5.72. The maximum atomic E-state index is 10.3. The highest BCUT2D eigenvalue weighted by Crippen LogP contribution is 2.32. The summed E-state index contributed by atoms with van der Waals surface area (Å²) < 4.78 is 0. The number of benzene rings is 1. The summed E-state index contributed by atoms with van der Waals surface area (Å²) >= 11 is 0. The van der Waals surface area contributed by atoms with Crippen molar-refractivity contribution in [2.24, 2.45) is 5.41 Å². The topological polar surface area (TPSA) is 45.1 Å².